The molecule has 0 bridgehead atoms. The van der Waals surface area contributed by atoms with E-state index in [1.165, 1.54) is 7.11 Å². The first-order chi connectivity index (χ1) is 8.10. The Bertz CT molecular complexity index is 416. The number of carbonyl (C=O) groups is 1. The van der Waals surface area contributed by atoms with Crippen LogP contribution in [0.1, 0.15) is 24.2 Å². The average Bonchev–Trinajstić information content (AvgIpc) is 2.34. The molecule has 1 amide bonds. The minimum Gasteiger partial charge on any atom is -0.480 e. The van der Waals surface area contributed by atoms with E-state index < -0.39 is 0 Å². The third-order valence-electron chi connectivity index (χ3n) is 2.32. The van der Waals surface area contributed by atoms with Crippen molar-refractivity contribution < 1.29 is 9.53 Å². The Hall–Kier alpha value is -1.84. The van der Waals surface area contributed by atoms with Gasteiger partial charge in [-0.15, -0.1) is 0 Å². The number of hydrogen-bond donors (Lipinski definition) is 0. The van der Waals surface area contributed by atoms with Crippen molar-refractivity contribution in [2.45, 2.75) is 13.8 Å². The molecule has 0 spiro atoms. The Morgan fingerprint density at radius 3 is 2.82 bits per heavy atom. The number of aromatic nitrogens is 1. The van der Waals surface area contributed by atoms with E-state index in [0.29, 0.717) is 24.5 Å². The minimum atomic E-state index is -0.0829. The highest BCUT2D eigenvalue weighted by atomic mass is 16.5. The molecule has 0 unspecified atom stereocenters. The number of ether oxygens (including phenoxy) is 1. The van der Waals surface area contributed by atoms with Crippen molar-refractivity contribution in [3.8, 4) is 5.88 Å². The summed E-state index contributed by atoms with van der Waals surface area (Å²) in [5.41, 5.74) is 1.43. The minimum absolute atomic E-state index is 0.0829. The van der Waals surface area contributed by atoms with Crippen LogP contribution >= 0.6 is 0 Å². The summed E-state index contributed by atoms with van der Waals surface area (Å²) in [4.78, 5) is 18.0. The zero-order valence-corrected chi connectivity index (χ0v) is 10.6. The highest BCUT2D eigenvalue weighted by molar-refractivity contribution is 5.96. The number of amides is 1. The molecule has 0 atom stereocenters. The van der Waals surface area contributed by atoms with Gasteiger partial charge in [-0.05, 0) is 26.0 Å². The standard InChI is InChI=1S/C13H18N2O2/c1-5-15(9-10(2)3)13(16)11-7-6-8-14-12(11)17-4/h6-8H,2,5,9H2,1,3-4H3. The number of hydrogen-bond acceptors (Lipinski definition) is 3. The van der Waals surface area contributed by atoms with Crippen LogP contribution in [0, 0.1) is 0 Å². The maximum atomic E-state index is 12.3. The molecule has 0 saturated heterocycles. The number of methoxy groups -OCH3 is 1. The lowest BCUT2D eigenvalue weighted by Gasteiger charge is -2.21. The highest BCUT2D eigenvalue weighted by Crippen LogP contribution is 2.16. The van der Waals surface area contributed by atoms with Crippen molar-refractivity contribution in [2.24, 2.45) is 0 Å². The molecule has 4 heteroatoms. The van der Waals surface area contributed by atoms with Crippen LogP contribution < -0.4 is 4.74 Å². The first kappa shape index (κ1) is 13.2. The summed E-state index contributed by atoms with van der Waals surface area (Å²) >= 11 is 0. The molecule has 0 radical (unpaired) electrons. The van der Waals surface area contributed by atoms with Gasteiger partial charge in [0.05, 0.1) is 7.11 Å². The zero-order valence-electron chi connectivity index (χ0n) is 10.6. The fraction of sp³-hybridized carbons (Fsp3) is 0.385. The van der Waals surface area contributed by atoms with E-state index in [1.54, 1.807) is 23.2 Å². The van der Waals surface area contributed by atoms with Gasteiger partial charge in [0.25, 0.3) is 5.91 Å². The van der Waals surface area contributed by atoms with Crippen molar-refractivity contribution in [3.63, 3.8) is 0 Å². The molecule has 0 aliphatic heterocycles. The van der Waals surface area contributed by atoms with Crippen LogP contribution in [-0.4, -0.2) is 36.0 Å². The number of pyridine rings is 1. The first-order valence-corrected chi connectivity index (χ1v) is 5.52. The molecule has 0 saturated carbocycles. The lowest BCUT2D eigenvalue weighted by Crippen LogP contribution is -2.32. The highest BCUT2D eigenvalue weighted by Gasteiger charge is 2.18. The van der Waals surface area contributed by atoms with Crippen molar-refractivity contribution in [3.05, 3.63) is 36.0 Å². The fourth-order valence-electron chi connectivity index (χ4n) is 1.54. The molecule has 4 nitrogen and oxygen atoms in total. The van der Waals surface area contributed by atoms with E-state index in [2.05, 4.69) is 11.6 Å². The monoisotopic (exact) mass is 234 g/mol. The van der Waals surface area contributed by atoms with Crippen molar-refractivity contribution in [2.75, 3.05) is 20.2 Å². The van der Waals surface area contributed by atoms with Crippen molar-refractivity contribution >= 4 is 5.91 Å². The van der Waals surface area contributed by atoms with Gasteiger partial charge in [-0.3, -0.25) is 4.79 Å². The Morgan fingerprint density at radius 1 is 1.59 bits per heavy atom. The number of nitrogens with zero attached hydrogens (tertiary/aromatic N) is 2. The van der Waals surface area contributed by atoms with E-state index >= 15 is 0 Å². The van der Waals surface area contributed by atoms with E-state index in [-0.39, 0.29) is 5.91 Å². The largest absolute Gasteiger partial charge is 0.480 e. The van der Waals surface area contributed by atoms with E-state index in [1.807, 2.05) is 13.8 Å². The van der Waals surface area contributed by atoms with Crippen LogP contribution in [0.15, 0.2) is 30.5 Å². The molecule has 92 valence electrons. The molecular formula is C13H18N2O2. The zero-order chi connectivity index (χ0) is 12.8. The van der Waals surface area contributed by atoms with E-state index in [4.69, 9.17) is 4.74 Å². The van der Waals surface area contributed by atoms with Gasteiger partial charge in [0.1, 0.15) is 5.56 Å². The lowest BCUT2D eigenvalue weighted by atomic mass is 10.2. The molecule has 1 aromatic heterocycles. The summed E-state index contributed by atoms with van der Waals surface area (Å²) in [6.45, 7) is 8.83. The molecule has 0 fully saturated rings. The van der Waals surface area contributed by atoms with Gasteiger partial charge >= 0.3 is 0 Å². The van der Waals surface area contributed by atoms with Gasteiger partial charge in [0.15, 0.2) is 0 Å². The van der Waals surface area contributed by atoms with Crippen LogP contribution in [0.3, 0.4) is 0 Å². The average molecular weight is 234 g/mol. The number of carbonyl (C=O) groups excluding carboxylic acids is 1. The lowest BCUT2D eigenvalue weighted by molar-refractivity contribution is 0.0774. The first-order valence-electron chi connectivity index (χ1n) is 5.52. The van der Waals surface area contributed by atoms with Crippen LogP contribution in [-0.2, 0) is 0 Å². The summed E-state index contributed by atoms with van der Waals surface area (Å²) in [7, 11) is 1.51. The second-order valence-electron chi connectivity index (χ2n) is 3.84. The number of rotatable bonds is 5. The third-order valence-corrected chi connectivity index (χ3v) is 2.32. The maximum Gasteiger partial charge on any atom is 0.259 e. The fourth-order valence-corrected chi connectivity index (χ4v) is 1.54. The van der Waals surface area contributed by atoms with Gasteiger partial charge in [0.2, 0.25) is 5.88 Å². The summed E-state index contributed by atoms with van der Waals surface area (Å²) in [6, 6.07) is 3.44. The van der Waals surface area contributed by atoms with E-state index in [9.17, 15) is 4.79 Å². The summed E-state index contributed by atoms with van der Waals surface area (Å²) in [5, 5.41) is 0. The van der Waals surface area contributed by atoms with Gasteiger partial charge in [-0.25, -0.2) is 4.98 Å². The predicted molar refractivity (Wildman–Crippen MR) is 67.2 cm³/mol. The molecule has 0 N–H and O–H groups in total. The van der Waals surface area contributed by atoms with Gasteiger partial charge in [0, 0.05) is 19.3 Å². The normalized spacial score (nSPS) is 9.82. The third kappa shape index (κ3) is 3.31. The molecule has 1 rings (SSSR count). The van der Waals surface area contributed by atoms with Crippen molar-refractivity contribution in [1.29, 1.82) is 0 Å². The Balaban J connectivity index is 2.97. The maximum absolute atomic E-state index is 12.3. The molecule has 17 heavy (non-hydrogen) atoms. The SMILES string of the molecule is C=C(C)CN(CC)C(=O)c1cccnc1OC. The number of likely N-dealkylation sites (N-methyl/N-ethyl adjacent to an activating group) is 1. The van der Waals surface area contributed by atoms with Crippen LogP contribution in [0.25, 0.3) is 0 Å². The van der Waals surface area contributed by atoms with Crippen molar-refractivity contribution in [1.82, 2.24) is 9.88 Å². The van der Waals surface area contributed by atoms with Gasteiger partial charge in [-0.1, -0.05) is 12.2 Å². The Kier molecular flexibility index (Phi) is 4.69. The molecule has 0 aliphatic carbocycles. The van der Waals surface area contributed by atoms with Crippen LogP contribution in [0.2, 0.25) is 0 Å². The summed E-state index contributed by atoms with van der Waals surface area (Å²) in [6.07, 6.45) is 1.60. The summed E-state index contributed by atoms with van der Waals surface area (Å²) in [5.74, 6) is 0.276. The Labute approximate surface area is 102 Å². The quantitative estimate of drug-likeness (QED) is 0.733. The molecule has 1 heterocycles. The summed E-state index contributed by atoms with van der Waals surface area (Å²) < 4.78 is 5.09. The topological polar surface area (TPSA) is 42.4 Å². The Morgan fingerprint density at radius 2 is 2.29 bits per heavy atom. The van der Waals surface area contributed by atoms with Crippen LogP contribution in [0.4, 0.5) is 0 Å². The second kappa shape index (κ2) is 6.03. The molecular weight excluding hydrogens is 216 g/mol. The van der Waals surface area contributed by atoms with E-state index in [0.717, 1.165) is 5.57 Å². The molecule has 1 aromatic rings. The molecule has 0 aliphatic rings. The smallest absolute Gasteiger partial charge is 0.259 e. The predicted octanol–water partition coefficient (Wildman–Crippen LogP) is 2.13. The molecule has 0 aromatic carbocycles. The second-order valence-corrected chi connectivity index (χ2v) is 3.84. The van der Waals surface area contributed by atoms with Gasteiger partial charge in [-0.2, -0.15) is 0 Å². The van der Waals surface area contributed by atoms with Gasteiger partial charge < -0.3 is 9.64 Å². The van der Waals surface area contributed by atoms with Crippen LogP contribution in [0.5, 0.6) is 5.88 Å².